The Balaban J connectivity index is 2.18. The normalized spacial score (nSPS) is 21.0. The summed E-state index contributed by atoms with van der Waals surface area (Å²) < 4.78 is 5.08. The topological polar surface area (TPSA) is 55.6 Å². The maximum absolute atomic E-state index is 11.7. The number of anilines is 1. The molecule has 2 rings (SSSR count). The summed E-state index contributed by atoms with van der Waals surface area (Å²) in [6, 6.07) is 7.55. The molecule has 4 nitrogen and oxygen atoms in total. The van der Waals surface area contributed by atoms with Crippen LogP contribution in [0.3, 0.4) is 0 Å². The highest BCUT2D eigenvalue weighted by Crippen LogP contribution is 2.22. The number of rotatable bonds is 2. The van der Waals surface area contributed by atoms with Gasteiger partial charge in [-0.05, 0) is 30.7 Å². The van der Waals surface area contributed by atoms with Crippen LogP contribution < -0.4 is 15.4 Å². The fourth-order valence-corrected chi connectivity index (χ4v) is 1.88. The number of benzene rings is 1. The van der Waals surface area contributed by atoms with Gasteiger partial charge in [0.05, 0.1) is 7.11 Å². The fourth-order valence-electron chi connectivity index (χ4n) is 1.88. The monoisotopic (exact) mass is 220 g/mol. The number of hydrogen-bond acceptors (Lipinski definition) is 3. The first kappa shape index (κ1) is 11.0. The van der Waals surface area contributed by atoms with E-state index in [1.54, 1.807) is 12.0 Å². The Hall–Kier alpha value is -1.55. The Morgan fingerprint density at radius 1 is 1.38 bits per heavy atom. The molecule has 1 fully saturated rings. The molecule has 0 radical (unpaired) electrons. The van der Waals surface area contributed by atoms with E-state index in [2.05, 4.69) is 0 Å². The molecule has 1 saturated heterocycles. The molecular weight excluding hydrogens is 204 g/mol. The van der Waals surface area contributed by atoms with Crippen LogP contribution in [-0.2, 0) is 4.79 Å². The van der Waals surface area contributed by atoms with Gasteiger partial charge >= 0.3 is 0 Å². The zero-order valence-corrected chi connectivity index (χ0v) is 9.35. The van der Waals surface area contributed by atoms with Gasteiger partial charge in [0.1, 0.15) is 5.75 Å². The quantitative estimate of drug-likeness (QED) is 0.813. The van der Waals surface area contributed by atoms with E-state index in [-0.39, 0.29) is 11.9 Å². The van der Waals surface area contributed by atoms with Crippen molar-refractivity contribution in [2.45, 2.75) is 18.9 Å². The molecule has 86 valence electrons. The molecule has 0 saturated carbocycles. The van der Waals surface area contributed by atoms with Gasteiger partial charge in [-0.1, -0.05) is 0 Å². The largest absolute Gasteiger partial charge is 0.497 e. The van der Waals surface area contributed by atoms with Gasteiger partial charge in [0.2, 0.25) is 5.91 Å². The van der Waals surface area contributed by atoms with Gasteiger partial charge < -0.3 is 15.4 Å². The summed E-state index contributed by atoms with van der Waals surface area (Å²) in [4.78, 5) is 13.5. The second-order valence-electron chi connectivity index (χ2n) is 4.00. The molecule has 0 aliphatic carbocycles. The summed E-state index contributed by atoms with van der Waals surface area (Å²) in [6.45, 7) is 0.602. The molecule has 1 aromatic carbocycles. The Bertz CT molecular complexity index is 375. The summed E-state index contributed by atoms with van der Waals surface area (Å²) >= 11 is 0. The van der Waals surface area contributed by atoms with Crippen molar-refractivity contribution in [3.8, 4) is 5.75 Å². The maximum Gasteiger partial charge on any atom is 0.227 e. The highest BCUT2D eigenvalue weighted by Gasteiger charge is 2.24. The Morgan fingerprint density at radius 2 is 2.06 bits per heavy atom. The predicted molar refractivity (Wildman–Crippen MR) is 62.6 cm³/mol. The lowest BCUT2D eigenvalue weighted by atomic mass is 10.1. The van der Waals surface area contributed by atoms with E-state index in [1.807, 2.05) is 24.3 Å². The van der Waals surface area contributed by atoms with Crippen molar-refractivity contribution in [2.75, 3.05) is 18.6 Å². The van der Waals surface area contributed by atoms with Crippen molar-refractivity contribution in [1.82, 2.24) is 0 Å². The van der Waals surface area contributed by atoms with Gasteiger partial charge in [-0.3, -0.25) is 4.79 Å². The minimum atomic E-state index is 0.0831. The minimum Gasteiger partial charge on any atom is -0.497 e. The molecular formula is C12H16N2O2. The lowest BCUT2D eigenvalue weighted by Gasteiger charge is -2.30. The average molecular weight is 220 g/mol. The molecule has 1 aliphatic heterocycles. The van der Waals surface area contributed by atoms with E-state index in [1.165, 1.54) is 0 Å². The van der Waals surface area contributed by atoms with Gasteiger partial charge in [-0.2, -0.15) is 0 Å². The lowest BCUT2D eigenvalue weighted by Crippen LogP contribution is -2.46. The van der Waals surface area contributed by atoms with Crippen LogP contribution in [0.15, 0.2) is 24.3 Å². The van der Waals surface area contributed by atoms with E-state index >= 15 is 0 Å². The van der Waals surface area contributed by atoms with Crippen LogP contribution in [-0.4, -0.2) is 25.6 Å². The van der Waals surface area contributed by atoms with E-state index in [0.717, 1.165) is 17.9 Å². The Morgan fingerprint density at radius 3 is 2.69 bits per heavy atom. The molecule has 4 heteroatoms. The summed E-state index contributed by atoms with van der Waals surface area (Å²) in [5, 5.41) is 0. The van der Waals surface area contributed by atoms with Crippen molar-refractivity contribution in [3.05, 3.63) is 24.3 Å². The molecule has 0 aromatic heterocycles. The molecule has 16 heavy (non-hydrogen) atoms. The SMILES string of the molecule is COc1ccc(N2CC(N)CCC2=O)cc1. The summed E-state index contributed by atoms with van der Waals surface area (Å²) in [6.07, 6.45) is 1.32. The number of methoxy groups -OCH3 is 1. The van der Waals surface area contributed by atoms with Crippen LogP contribution in [0.1, 0.15) is 12.8 Å². The first-order valence-electron chi connectivity index (χ1n) is 5.40. The van der Waals surface area contributed by atoms with Gasteiger partial charge in [-0.25, -0.2) is 0 Å². The van der Waals surface area contributed by atoms with Gasteiger partial charge in [0.15, 0.2) is 0 Å². The Labute approximate surface area is 95.0 Å². The summed E-state index contributed by atoms with van der Waals surface area (Å²) in [5.74, 6) is 0.935. The number of carbonyl (C=O) groups is 1. The van der Waals surface area contributed by atoms with Crippen LogP contribution in [0.25, 0.3) is 0 Å². The van der Waals surface area contributed by atoms with Crippen LogP contribution >= 0.6 is 0 Å². The van der Waals surface area contributed by atoms with E-state index in [4.69, 9.17) is 10.5 Å². The third-order valence-corrected chi connectivity index (χ3v) is 2.83. The second kappa shape index (κ2) is 4.53. The first-order chi connectivity index (χ1) is 7.70. The van der Waals surface area contributed by atoms with Gasteiger partial charge in [0, 0.05) is 24.7 Å². The zero-order valence-electron chi connectivity index (χ0n) is 9.35. The molecule has 0 bridgehead atoms. The summed E-state index contributed by atoms with van der Waals surface area (Å²) in [5.41, 5.74) is 6.75. The number of nitrogens with two attached hydrogens (primary N) is 1. The summed E-state index contributed by atoms with van der Waals surface area (Å²) in [7, 11) is 1.62. The molecule has 0 spiro atoms. The Kier molecular flexibility index (Phi) is 3.10. The van der Waals surface area contributed by atoms with E-state index in [0.29, 0.717) is 13.0 Å². The molecule has 1 atom stereocenters. The molecule has 1 aromatic rings. The second-order valence-corrected chi connectivity index (χ2v) is 4.00. The van der Waals surface area contributed by atoms with Crippen LogP contribution in [0.2, 0.25) is 0 Å². The first-order valence-corrected chi connectivity index (χ1v) is 5.40. The number of nitrogens with zero attached hydrogens (tertiary/aromatic N) is 1. The van der Waals surface area contributed by atoms with Gasteiger partial charge in [0.25, 0.3) is 0 Å². The number of carbonyl (C=O) groups excluding carboxylic acids is 1. The predicted octanol–water partition coefficient (Wildman–Crippen LogP) is 1.15. The molecule has 1 unspecified atom stereocenters. The van der Waals surface area contributed by atoms with Crippen molar-refractivity contribution >= 4 is 11.6 Å². The number of ether oxygens (including phenoxy) is 1. The molecule has 2 N–H and O–H groups in total. The van der Waals surface area contributed by atoms with Gasteiger partial charge in [-0.15, -0.1) is 0 Å². The molecule has 1 heterocycles. The molecule has 1 amide bonds. The standard InChI is InChI=1S/C12H16N2O2/c1-16-11-5-3-10(4-6-11)14-8-9(13)2-7-12(14)15/h3-6,9H,2,7-8,13H2,1H3. The number of hydrogen-bond donors (Lipinski definition) is 1. The highest BCUT2D eigenvalue weighted by atomic mass is 16.5. The number of piperidine rings is 1. The van der Waals surface area contributed by atoms with E-state index < -0.39 is 0 Å². The van der Waals surface area contributed by atoms with Crippen LogP contribution in [0.4, 0.5) is 5.69 Å². The highest BCUT2D eigenvalue weighted by molar-refractivity contribution is 5.94. The smallest absolute Gasteiger partial charge is 0.227 e. The van der Waals surface area contributed by atoms with Crippen molar-refractivity contribution in [3.63, 3.8) is 0 Å². The minimum absolute atomic E-state index is 0.0831. The average Bonchev–Trinajstić information content (AvgIpc) is 2.32. The fraction of sp³-hybridized carbons (Fsp3) is 0.417. The van der Waals surface area contributed by atoms with Crippen molar-refractivity contribution < 1.29 is 9.53 Å². The van der Waals surface area contributed by atoms with Crippen LogP contribution in [0, 0.1) is 0 Å². The number of amides is 1. The van der Waals surface area contributed by atoms with E-state index in [9.17, 15) is 4.79 Å². The molecule has 1 aliphatic rings. The maximum atomic E-state index is 11.7. The third kappa shape index (κ3) is 2.17. The van der Waals surface area contributed by atoms with Crippen LogP contribution in [0.5, 0.6) is 5.75 Å². The zero-order chi connectivity index (χ0) is 11.5. The van der Waals surface area contributed by atoms with Crippen molar-refractivity contribution in [1.29, 1.82) is 0 Å². The third-order valence-electron chi connectivity index (χ3n) is 2.83. The lowest BCUT2D eigenvalue weighted by molar-refractivity contribution is -0.119. The van der Waals surface area contributed by atoms with Crippen molar-refractivity contribution in [2.24, 2.45) is 5.73 Å².